The minimum absolute atomic E-state index is 0.176. The molecule has 0 spiro atoms. The molecule has 2 aromatic carbocycles. The van der Waals surface area contributed by atoms with Gasteiger partial charge in [0.05, 0.1) is 11.9 Å². The molecule has 0 aliphatic carbocycles. The summed E-state index contributed by atoms with van der Waals surface area (Å²) in [6, 6.07) is 21.3. The van der Waals surface area contributed by atoms with Gasteiger partial charge in [0, 0.05) is 31.1 Å². The van der Waals surface area contributed by atoms with Crippen molar-refractivity contribution in [1.82, 2.24) is 26.2 Å². The van der Waals surface area contributed by atoms with E-state index >= 15 is 0 Å². The number of hydrogen-bond acceptors (Lipinski definition) is 5. The number of likely N-dealkylation sites (tertiary alicyclic amines) is 1. The van der Waals surface area contributed by atoms with Crippen LogP contribution in [0.15, 0.2) is 84.3 Å². The van der Waals surface area contributed by atoms with Crippen LogP contribution in [0.2, 0.25) is 0 Å². The first-order valence-electron chi connectivity index (χ1n) is 11.1. The Morgan fingerprint density at radius 2 is 1.57 bits per heavy atom. The Kier molecular flexibility index (Phi) is 5.73. The molecule has 5 nitrogen and oxygen atoms in total. The van der Waals surface area contributed by atoms with E-state index in [4.69, 9.17) is 0 Å². The molecular formula is C25H31N5. The number of nitrogens with one attached hydrogen (secondary N) is 4. The van der Waals surface area contributed by atoms with Crippen LogP contribution in [0.4, 0.5) is 0 Å². The summed E-state index contributed by atoms with van der Waals surface area (Å²) in [6.45, 7) is 4.25. The Hall–Kier alpha value is -2.76. The van der Waals surface area contributed by atoms with E-state index in [1.54, 1.807) is 0 Å². The summed E-state index contributed by atoms with van der Waals surface area (Å²) in [6.07, 6.45) is 7.27. The third-order valence-corrected chi connectivity index (χ3v) is 6.47. The number of nitrogens with zero attached hydrogens (tertiary/aromatic N) is 1. The minimum Gasteiger partial charge on any atom is -0.372 e. The highest BCUT2D eigenvalue weighted by molar-refractivity contribution is 5.35. The zero-order valence-corrected chi connectivity index (χ0v) is 17.4. The van der Waals surface area contributed by atoms with E-state index in [1.807, 2.05) is 0 Å². The highest BCUT2D eigenvalue weighted by atomic mass is 15.2. The topological polar surface area (TPSA) is 51.4 Å². The number of rotatable bonds is 5. The molecule has 0 amide bonds. The Morgan fingerprint density at radius 3 is 2.27 bits per heavy atom. The normalized spacial score (nSPS) is 24.9. The molecule has 4 N–H and O–H groups in total. The van der Waals surface area contributed by atoms with Crippen molar-refractivity contribution in [3.8, 4) is 0 Å². The summed E-state index contributed by atoms with van der Waals surface area (Å²) in [5, 5.41) is 14.4. The van der Waals surface area contributed by atoms with Crippen LogP contribution in [0.1, 0.15) is 30.1 Å². The third-order valence-electron chi connectivity index (χ3n) is 6.47. The molecule has 3 aliphatic rings. The largest absolute Gasteiger partial charge is 0.372 e. The monoisotopic (exact) mass is 401 g/mol. The van der Waals surface area contributed by atoms with Gasteiger partial charge in [-0.25, -0.2) is 0 Å². The fourth-order valence-electron chi connectivity index (χ4n) is 4.69. The van der Waals surface area contributed by atoms with Gasteiger partial charge in [0.1, 0.15) is 6.17 Å². The predicted octanol–water partition coefficient (Wildman–Crippen LogP) is 3.03. The molecule has 1 fully saturated rings. The first-order valence-corrected chi connectivity index (χ1v) is 11.1. The van der Waals surface area contributed by atoms with Crippen LogP contribution in [0, 0.1) is 5.92 Å². The molecule has 3 heterocycles. The van der Waals surface area contributed by atoms with Crippen LogP contribution < -0.4 is 21.3 Å². The van der Waals surface area contributed by atoms with Gasteiger partial charge in [-0.2, -0.15) is 0 Å². The van der Waals surface area contributed by atoms with E-state index in [0.717, 1.165) is 13.1 Å². The summed E-state index contributed by atoms with van der Waals surface area (Å²) in [5.41, 5.74) is 5.16. The van der Waals surface area contributed by atoms with Gasteiger partial charge in [0.2, 0.25) is 0 Å². The summed E-state index contributed by atoms with van der Waals surface area (Å²) >= 11 is 0. The molecule has 3 aliphatic heterocycles. The molecule has 156 valence electrons. The second kappa shape index (κ2) is 8.94. The van der Waals surface area contributed by atoms with Crippen molar-refractivity contribution in [2.75, 3.05) is 19.6 Å². The molecule has 2 aromatic rings. The summed E-state index contributed by atoms with van der Waals surface area (Å²) in [4.78, 5) is 2.58. The Labute approximate surface area is 179 Å². The van der Waals surface area contributed by atoms with Gasteiger partial charge in [-0.1, -0.05) is 60.7 Å². The standard InChI is InChI=1S/C25H31N5/c1-3-7-19(8-4-1)18-30-13-11-21(12-14-30)25-28-17-23(29-25)22-15-26-24(27-16-22)20-9-5-2-6-10-20/h1-10,15,17,21,24-29H,11-14,16,18H2. The molecule has 2 unspecified atom stereocenters. The molecular weight excluding hydrogens is 370 g/mol. The maximum Gasteiger partial charge on any atom is 0.103 e. The molecule has 0 radical (unpaired) electrons. The maximum absolute atomic E-state index is 3.73. The van der Waals surface area contributed by atoms with Crippen molar-refractivity contribution in [2.45, 2.75) is 31.7 Å². The lowest BCUT2D eigenvalue weighted by Gasteiger charge is -2.35. The second-order valence-corrected chi connectivity index (χ2v) is 8.51. The molecule has 30 heavy (non-hydrogen) atoms. The predicted molar refractivity (Wildman–Crippen MR) is 121 cm³/mol. The fraction of sp³-hybridized carbons (Fsp3) is 0.360. The maximum atomic E-state index is 3.73. The number of hydrogen-bond donors (Lipinski definition) is 4. The van der Waals surface area contributed by atoms with Crippen LogP contribution in [-0.2, 0) is 6.54 Å². The van der Waals surface area contributed by atoms with E-state index in [9.17, 15) is 0 Å². The summed E-state index contributed by atoms with van der Waals surface area (Å²) in [7, 11) is 0. The van der Waals surface area contributed by atoms with Gasteiger partial charge in [-0.05, 0) is 43.0 Å². The quantitative estimate of drug-likeness (QED) is 0.621. The molecule has 0 aromatic heterocycles. The lowest BCUT2D eigenvalue weighted by atomic mass is 9.93. The van der Waals surface area contributed by atoms with Crippen molar-refractivity contribution < 1.29 is 0 Å². The van der Waals surface area contributed by atoms with E-state index in [2.05, 4.69) is 99.2 Å². The first-order chi connectivity index (χ1) is 14.8. The van der Waals surface area contributed by atoms with Crippen molar-refractivity contribution in [1.29, 1.82) is 0 Å². The Bertz CT molecular complexity index is 884. The molecule has 2 atom stereocenters. The van der Waals surface area contributed by atoms with E-state index in [1.165, 1.54) is 48.3 Å². The summed E-state index contributed by atoms with van der Waals surface area (Å²) < 4.78 is 0. The fourth-order valence-corrected chi connectivity index (χ4v) is 4.69. The Morgan fingerprint density at radius 1 is 0.833 bits per heavy atom. The van der Waals surface area contributed by atoms with Gasteiger partial charge in [0.25, 0.3) is 0 Å². The molecule has 1 saturated heterocycles. The van der Waals surface area contributed by atoms with Crippen molar-refractivity contribution in [2.24, 2.45) is 5.92 Å². The van der Waals surface area contributed by atoms with E-state index in [-0.39, 0.29) is 6.17 Å². The first kappa shape index (κ1) is 19.2. The molecule has 5 rings (SSSR count). The number of piperidine rings is 1. The van der Waals surface area contributed by atoms with Gasteiger partial charge >= 0.3 is 0 Å². The average Bonchev–Trinajstić information content (AvgIpc) is 3.31. The lowest BCUT2D eigenvalue weighted by Crippen LogP contribution is -2.46. The number of benzene rings is 2. The zero-order valence-electron chi connectivity index (χ0n) is 17.4. The highest BCUT2D eigenvalue weighted by Crippen LogP contribution is 2.25. The van der Waals surface area contributed by atoms with Crippen LogP contribution in [-0.4, -0.2) is 30.7 Å². The van der Waals surface area contributed by atoms with Gasteiger partial charge < -0.3 is 16.0 Å². The van der Waals surface area contributed by atoms with Crippen molar-refractivity contribution in [3.05, 3.63) is 95.5 Å². The van der Waals surface area contributed by atoms with Gasteiger partial charge in [0.15, 0.2) is 0 Å². The van der Waals surface area contributed by atoms with Gasteiger partial charge in [-0.15, -0.1) is 0 Å². The minimum atomic E-state index is 0.176. The van der Waals surface area contributed by atoms with E-state index < -0.39 is 0 Å². The smallest absolute Gasteiger partial charge is 0.103 e. The molecule has 0 saturated carbocycles. The summed E-state index contributed by atoms with van der Waals surface area (Å²) in [5.74, 6) is 0.660. The average molecular weight is 402 g/mol. The zero-order chi connectivity index (χ0) is 20.2. The van der Waals surface area contributed by atoms with Crippen LogP contribution in [0.25, 0.3) is 0 Å². The van der Waals surface area contributed by atoms with Crippen molar-refractivity contribution in [3.63, 3.8) is 0 Å². The third kappa shape index (κ3) is 4.37. The second-order valence-electron chi connectivity index (χ2n) is 8.51. The highest BCUT2D eigenvalue weighted by Gasteiger charge is 2.30. The Balaban J connectivity index is 1.10. The van der Waals surface area contributed by atoms with E-state index in [0.29, 0.717) is 12.1 Å². The molecule has 5 heteroatoms. The van der Waals surface area contributed by atoms with Crippen molar-refractivity contribution >= 4 is 0 Å². The van der Waals surface area contributed by atoms with Crippen LogP contribution in [0.3, 0.4) is 0 Å². The SMILES string of the molecule is C1=C(C2=CNC(C3CCN(Cc4ccccc4)CC3)N2)CNC(c2ccccc2)N1. The molecule has 0 bridgehead atoms. The van der Waals surface area contributed by atoms with Crippen LogP contribution in [0.5, 0.6) is 0 Å². The van der Waals surface area contributed by atoms with Crippen LogP contribution >= 0.6 is 0 Å². The van der Waals surface area contributed by atoms with Gasteiger partial charge in [-0.3, -0.25) is 10.2 Å². The lowest BCUT2D eigenvalue weighted by molar-refractivity contribution is 0.153.